The first kappa shape index (κ1) is 20.2. The van der Waals surface area contributed by atoms with Gasteiger partial charge in [-0.15, -0.1) is 11.3 Å². The molecule has 1 aromatic carbocycles. The number of halogens is 1. The van der Waals surface area contributed by atoms with Gasteiger partial charge in [0.05, 0.1) is 6.54 Å². The maximum absolute atomic E-state index is 12.3. The number of nitrogens with one attached hydrogen (secondary N) is 1. The van der Waals surface area contributed by atoms with Crippen LogP contribution in [-0.4, -0.2) is 35.8 Å². The zero-order chi connectivity index (χ0) is 19.1. The molecule has 1 N–H and O–H groups in total. The van der Waals surface area contributed by atoms with Crippen LogP contribution >= 0.6 is 22.9 Å². The Balaban J connectivity index is 2.00. The minimum absolute atomic E-state index is 0.0595. The third-order valence-electron chi connectivity index (χ3n) is 3.62. The van der Waals surface area contributed by atoms with Gasteiger partial charge >= 0.3 is 0 Å². The van der Waals surface area contributed by atoms with Crippen molar-refractivity contribution in [3.05, 3.63) is 52.4 Å². The van der Waals surface area contributed by atoms with E-state index in [4.69, 9.17) is 11.6 Å². The minimum Gasteiger partial charge on any atom is -0.352 e. The van der Waals surface area contributed by atoms with Gasteiger partial charge in [-0.05, 0) is 56.7 Å². The van der Waals surface area contributed by atoms with E-state index in [9.17, 15) is 9.59 Å². The van der Waals surface area contributed by atoms with Crippen LogP contribution in [-0.2, 0) is 9.59 Å². The predicted molar refractivity (Wildman–Crippen MR) is 109 cm³/mol. The first-order valence-corrected chi connectivity index (χ1v) is 9.70. The van der Waals surface area contributed by atoms with E-state index >= 15 is 0 Å². The van der Waals surface area contributed by atoms with Gasteiger partial charge in [0.2, 0.25) is 11.8 Å². The van der Waals surface area contributed by atoms with Crippen molar-refractivity contribution in [3.63, 3.8) is 0 Å². The van der Waals surface area contributed by atoms with E-state index in [1.807, 2.05) is 57.2 Å². The van der Waals surface area contributed by atoms with Crippen molar-refractivity contribution < 1.29 is 9.59 Å². The van der Waals surface area contributed by atoms with Crippen molar-refractivity contribution >= 4 is 40.8 Å². The molecule has 1 aromatic heterocycles. The van der Waals surface area contributed by atoms with Gasteiger partial charge in [0.15, 0.2) is 0 Å². The van der Waals surface area contributed by atoms with Crippen LogP contribution in [0.1, 0.15) is 25.6 Å². The van der Waals surface area contributed by atoms with E-state index in [2.05, 4.69) is 5.32 Å². The zero-order valence-corrected chi connectivity index (χ0v) is 16.7. The predicted octanol–water partition coefficient (Wildman–Crippen LogP) is 4.45. The lowest BCUT2D eigenvalue weighted by atomic mass is 10.2. The molecular formula is C20H23ClN2O2S. The Kier molecular flexibility index (Phi) is 7.42. The number of likely N-dealkylation sites (N-methyl/N-ethyl adjacent to an activating group) is 1. The molecule has 0 unspecified atom stereocenters. The van der Waals surface area contributed by atoms with E-state index < -0.39 is 0 Å². The fraction of sp³-hybridized carbons (Fsp3) is 0.300. The second-order valence-corrected chi connectivity index (χ2v) is 7.67. The number of benzene rings is 1. The van der Waals surface area contributed by atoms with E-state index in [1.54, 1.807) is 17.4 Å². The van der Waals surface area contributed by atoms with Crippen LogP contribution in [0.25, 0.3) is 16.5 Å². The average molecular weight is 391 g/mol. The summed E-state index contributed by atoms with van der Waals surface area (Å²) < 4.78 is 0. The first-order chi connectivity index (χ1) is 12.4. The van der Waals surface area contributed by atoms with Crippen molar-refractivity contribution in [2.24, 2.45) is 0 Å². The molecule has 4 nitrogen and oxygen atoms in total. The van der Waals surface area contributed by atoms with Gasteiger partial charge in [0.25, 0.3) is 0 Å². The molecule has 0 aliphatic rings. The van der Waals surface area contributed by atoms with E-state index in [0.29, 0.717) is 11.6 Å². The lowest BCUT2D eigenvalue weighted by Gasteiger charge is -2.19. The highest BCUT2D eigenvalue weighted by molar-refractivity contribution is 7.16. The molecule has 6 heteroatoms. The van der Waals surface area contributed by atoms with Gasteiger partial charge in [-0.2, -0.15) is 0 Å². The summed E-state index contributed by atoms with van der Waals surface area (Å²) in [6.07, 6.45) is 3.30. The Bertz CT molecular complexity index is 781. The molecule has 0 bridgehead atoms. The molecule has 0 aliphatic carbocycles. The Morgan fingerprint density at radius 3 is 2.50 bits per heavy atom. The fourth-order valence-corrected chi connectivity index (χ4v) is 3.40. The van der Waals surface area contributed by atoms with Crippen LogP contribution in [0.15, 0.2) is 42.5 Å². The molecule has 0 saturated carbocycles. The number of thiophene rings is 1. The van der Waals surface area contributed by atoms with E-state index in [1.165, 1.54) is 11.0 Å². The monoisotopic (exact) mass is 390 g/mol. The number of rotatable bonds is 7. The number of hydrogen-bond acceptors (Lipinski definition) is 3. The van der Waals surface area contributed by atoms with Crippen LogP contribution in [0.4, 0.5) is 0 Å². The summed E-state index contributed by atoms with van der Waals surface area (Å²) in [6.45, 7) is 6.20. The summed E-state index contributed by atoms with van der Waals surface area (Å²) >= 11 is 7.51. The molecular weight excluding hydrogens is 368 g/mol. The molecule has 0 radical (unpaired) electrons. The largest absolute Gasteiger partial charge is 0.352 e. The number of carbonyl (C=O) groups is 2. The van der Waals surface area contributed by atoms with Crippen molar-refractivity contribution in [1.82, 2.24) is 10.2 Å². The van der Waals surface area contributed by atoms with Gasteiger partial charge in [0, 0.05) is 33.4 Å². The van der Waals surface area contributed by atoms with Gasteiger partial charge in [-0.25, -0.2) is 0 Å². The number of amides is 2. The Morgan fingerprint density at radius 1 is 1.19 bits per heavy atom. The number of nitrogens with zero attached hydrogens (tertiary/aromatic N) is 1. The van der Waals surface area contributed by atoms with Gasteiger partial charge < -0.3 is 10.2 Å². The van der Waals surface area contributed by atoms with Crippen LogP contribution in [0.2, 0.25) is 5.02 Å². The normalized spacial score (nSPS) is 11.1. The van der Waals surface area contributed by atoms with Crippen LogP contribution < -0.4 is 5.32 Å². The maximum Gasteiger partial charge on any atom is 0.247 e. The SMILES string of the molecule is CCN(CC(=O)NC(C)C)C(=O)/C=C/c1ccc(-c2ccc(Cl)cc2)s1. The molecule has 0 aliphatic heterocycles. The van der Waals surface area contributed by atoms with Crippen molar-refractivity contribution in [3.8, 4) is 10.4 Å². The second-order valence-electron chi connectivity index (χ2n) is 6.12. The number of hydrogen-bond donors (Lipinski definition) is 1. The number of carbonyl (C=O) groups excluding carboxylic acids is 2. The van der Waals surface area contributed by atoms with Crippen molar-refractivity contribution in [2.75, 3.05) is 13.1 Å². The molecule has 2 aromatic rings. The summed E-state index contributed by atoms with van der Waals surface area (Å²) in [5.41, 5.74) is 1.09. The topological polar surface area (TPSA) is 49.4 Å². The Morgan fingerprint density at radius 2 is 1.88 bits per heavy atom. The molecule has 0 saturated heterocycles. The molecule has 0 atom stereocenters. The Hall–Kier alpha value is -2.11. The van der Waals surface area contributed by atoms with Crippen molar-refractivity contribution in [1.29, 1.82) is 0 Å². The highest BCUT2D eigenvalue weighted by atomic mass is 35.5. The molecule has 138 valence electrons. The summed E-state index contributed by atoms with van der Waals surface area (Å²) in [4.78, 5) is 27.8. The smallest absolute Gasteiger partial charge is 0.247 e. The molecule has 2 rings (SSSR count). The second kappa shape index (κ2) is 9.55. The van der Waals surface area contributed by atoms with E-state index in [0.717, 1.165) is 15.3 Å². The standard InChI is InChI=1S/C20H23ClN2O2S/c1-4-23(13-19(24)22-14(2)3)20(25)12-10-17-9-11-18(26-17)15-5-7-16(21)8-6-15/h5-12,14H,4,13H2,1-3H3,(H,22,24)/b12-10+. The molecule has 2 amide bonds. The molecule has 0 spiro atoms. The quantitative estimate of drug-likeness (QED) is 0.710. The summed E-state index contributed by atoms with van der Waals surface area (Å²) in [5.74, 6) is -0.322. The molecule has 1 heterocycles. The van der Waals surface area contributed by atoms with Gasteiger partial charge in [0.1, 0.15) is 0 Å². The summed E-state index contributed by atoms with van der Waals surface area (Å²) in [6, 6.07) is 11.7. The molecule has 26 heavy (non-hydrogen) atoms. The van der Waals surface area contributed by atoms with Crippen LogP contribution in [0.3, 0.4) is 0 Å². The van der Waals surface area contributed by atoms with Crippen LogP contribution in [0, 0.1) is 0 Å². The summed E-state index contributed by atoms with van der Waals surface area (Å²) in [5, 5.41) is 3.50. The zero-order valence-electron chi connectivity index (χ0n) is 15.2. The average Bonchev–Trinajstić information content (AvgIpc) is 3.06. The van der Waals surface area contributed by atoms with Gasteiger partial charge in [-0.3, -0.25) is 9.59 Å². The fourth-order valence-electron chi connectivity index (χ4n) is 2.36. The lowest BCUT2D eigenvalue weighted by molar-refractivity contribution is -0.132. The third-order valence-corrected chi connectivity index (χ3v) is 4.97. The highest BCUT2D eigenvalue weighted by Crippen LogP contribution is 2.29. The minimum atomic E-state index is -0.173. The third kappa shape index (κ3) is 6.00. The van der Waals surface area contributed by atoms with Crippen LogP contribution in [0.5, 0.6) is 0 Å². The summed E-state index contributed by atoms with van der Waals surface area (Å²) in [7, 11) is 0. The van der Waals surface area contributed by atoms with Gasteiger partial charge in [-0.1, -0.05) is 23.7 Å². The maximum atomic E-state index is 12.3. The molecule has 0 fully saturated rings. The lowest BCUT2D eigenvalue weighted by Crippen LogP contribution is -2.42. The Labute approximate surface area is 163 Å². The first-order valence-electron chi connectivity index (χ1n) is 8.51. The highest BCUT2D eigenvalue weighted by Gasteiger charge is 2.13. The van der Waals surface area contributed by atoms with E-state index in [-0.39, 0.29) is 24.4 Å². The van der Waals surface area contributed by atoms with Crippen molar-refractivity contribution in [2.45, 2.75) is 26.8 Å².